The average Bonchev–Trinajstić information content (AvgIpc) is 3.24. The van der Waals surface area contributed by atoms with Gasteiger partial charge in [-0.2, -0.15) is 0 Å². The van der Waals surface area contributed by atoms with Crippen LogP contribution in [-0.2, 0) is 0 Å². The molecule has 1 aromatic carbocycles. The molecule has 0 bridgehead atoms. The maximum atomic E-state index is 13.3. The van der Waals surface area contributed by atoms with Crippen LogP contribution in [0.5, 0.6) is 0 Å². The molecule has 134 valence electrons. The van der Waals surface area contributed by atoms with Gasteiger partial charge in [0.25, 0.3) is 0 Å². The van der Waals surface area contributed by atoms with Crippen LogP contribution in [0.1, 0.15) is 50.5 Å². The van der Waals surface area contributed by atoms with Gasteiger partial charge in [0, 0.05) is 6.04 Å². The Bertz CT molecular complexity index is 625. The van der Waals surface area contributed by atoms with Crippen LogP contribution in [0.25, 0.3) is 0 Å². The molecule has 1 aromatic rings. The van der Waals surface area contributed by atoms with Crippen molar-refractivity contribution < 1.29 is 4.39 Å². The Morgan fingerprint density at radius 1 is 0.880 bits per heavy atom. The van der Waals surface area contributed by atoms with Crippen LogP contribution in [0.2, 0.25) is 0 Å². The summed E-state index contributed by atoms with van der Waals surface area (Å²) in [6.45, 7) is 2.36. The molecule has 25 heavy (non-hydrogen) atoms. The van der Waals surface area contributed by atoms with E-state index in [0.717, 1.165) is 17.8 Å². The van der Waals surface area contributed by atoms with Gasteiger partial charge in [-0.15, -0.1) is 0 Å². The highest BCUT2D eigenvalue weighted by Crippen LogP contribution is 2.52. The van der Waals surface area contributed by atoms with E-state index >= 15 is 0 Å². The molecule has 3 aliphatic carbocycles. The number of hydrogen-bond donors (Lipinski definition) is 1. The van der Waals surface area contributed by atoms with Crippen LogP contribution in [0.4, 0.5) is 4.39 Å². The monoisotopic (exact) mass is 339 g/mol. The molecule has 0 amide bonds. The topological polar surface area (TPSA) is 26.0 Å². The molecular weight excluding hydrogens is 309 g/mol. The Balaban J connectivity index is 1.57. The van der Waals surface area contributed by atoms with Gasteiger partial charge in [-0.05, 0) is 85.3 Å². The largest absolute Gasteiger partial charge is 0.328 e. The van der Waals surface area contributed by atoms with Gasteiger partial charge in [0.05, 0.1) is 0 Å². The number of halogens is 1. The second kappa shape index (κ2) is 7.07. The molecule has 0 saturated heterocycles. The Hall–Kier alpha value is -1.41. The van der Waals surface area contributed by atoms with Gasteiger partial charge < -0.3 is 5.73 Å². The molecule has 0 aliphatic heterocycles. The van der Waals surface area contributed by atoms with Crippen molar-refractivity contribution in [1.82, 2.24) is 0 Å². The van der Waals surface area contributed by atoms with Crippen LogP contribution in [0.15, 0.2) is 48.6 Å². The molecule has 2 heteroatoms. The minimum atomic E-state index is -0.136. The van der Waals surface area contributed by atoms with E-state index < -0.39 is 0 Å². The summed E-state index contributed by atoms with van der Waals surface area (Å²) in [6, 6.07) is 7.59. The van der Waals surface area contributed by atoms with E-state index in [1.807, 2.05) is 12.1 Å². The Morgan fingerprint density at radius 3 is 2.24 bits per heavy atom. The van der Waals surface area contributed by atoms with E-state index in [2.05, 4.69) is 31.2 Å². The minimum Gasteiger partial charge on any atom is -0.328 e. The zero-order chi connectivity index (χ0) is 17.4. The Morgan fingerprint density at radius 2 is 1.56 bits per heavy atom. The van der Waals surface area contributed by atoms with Gasteiger partial charge in [-0.3, -0.25) is 0 Å². The summed E-state index contributed by atoms with van der Waals surface area (Å²) in [5, 5.41) is 0. The van der Waals surface area contributed by atoms with Crippen molar-refractivity contribution in [2.24, 2.45) is 35.3 Å². The van der Waals surface area contributed by atoms with E-state index in [9.17, 15) is 4.39 Å². The summed E-state index contributed by atoms with van der Waals surface area (Å²) in [5.74, 6) is 3.93. The number of hydrogen-bond acceptors (Lipinski definition) is 1. The minimum absolute atomic E-state index is 0.136. The maximum absolute atomic E-state index is 13.3. The molecule has 0 spiro atoms. The van der Waals surface area contributed by atoms with E-state index in [1.165, 1.54) is 37.7 Å². The second-order valence-corrected chi connectivity index (χ2v) is 8.73. The van der Waals surface area contributed by atoms with Gasteiger partial charge in [0.1, 0.15) is 5.82 Å². The normalized spacial score (nSPS) is 38.5. The molecule has 2 N–H and O–H groups in total. The molecule has 0 radical (unpaired) electrons. The smallest absolute Gasteiger partial charge is 0.123 e. The highest BCUT2D eigenvalue weighted by molar-refractivity contribution is 5.25. The first-order chi connectivity index (χ1) is 12.1. The predicted molar refractivity (Wildman–Crippen MR) is 102 cm³/mol. The van der Waals surface area contributed by atoms with Crippen LogP contribution >= 0.6 is 0 Å². The van der Waals surface area contributed by atoms with Crippen LogP contribution in [0.3, 0.4) is 0 Å². The number of nitrogens with two attached hydrogens (primary N) is 1. The molecule has 2 fully saturated rings. The zero-order valence-corrected chi connectivity index (χ0v) is 15.2. The quantitative estimate of drug-likeness (QED) is 0.779. The Kier molecular flexibility index (Phi) is 4.82. The summed E-state index contributed by atoms with van der Waals surface area (Å²) < 4.78 is 13.3. The lowest BCUT2D eigenvalue weighted by molar-refractivity contribution is 0.145. The van der Waals surface area contributed by atoms with Gasteiger partial charge in [0.2, 0.25) is 0 Å². The third-order valence-electron chi connectivity index (χ3n) is 6.90. The highest BCUT2D eigenvalue weighted by Gasteiger charge is 2.43. The number of allylic oxidation sites excluding steroid dienone is 4. The number of rotatable bonds is 3. The lowest BCUT2D eigenvalue weighted by Crippen LogP contribution is -2.36. The van der Waals surface area contributed by atoms with Crippen molar-refractivity contribution in [3.05, 3.63) is 60.0 Å². The van der Waals surface area contributed by atoms with Gasteiger partial charge in [-0.1, -0.05) is 43.4 Å². The van der Waals surface area contributed by atoms with Crippen LogP contribution < -0.4 is 5.73 Å². The van der Waals surface area contributed by atoms with Crippen molar-refractivity contribution in [2.75, 3.05) is 0 Å². The summed E-state index contributed by atoms with van der Waals surface area (Å²) in [5.41, 5.74) is 7.69. The summed E-state index contributed by atoms with van der Waals surface area (Å²) in [6.07, 6.45) is 15.3. The van der Waals surface area contributed by atoms with E-state index in [0.29, 0.717) is 23.8 Å². The third-order valence-corrected chi connectivity index (χ3v) is 6.90. The SMILES string of the molecule is C[C@H]1CC([C@@H]2C[C@H](c3ccc(F)cc3)C[C@H]2C2C=CC=C2)C[C@H](N)C1. The van der Waals surface area contributed by atoms with Gasteiger partial charge >= 0.3 is 0 Å². The molecule has 6 atom stereocenters. The van der Waals surface area contributed by atoms with Crippen molar-refractivity contribution in [2.45, 2.75) is 51.0 Å². The fourth-order valence-corrected chi connectivity index (χ4v) is 5.89. The van der Waals surface area contributed by atoms with E-state index in [1.54, 1.807) is 12.1 Å². The molecule has 0 heterocycles. The average molecular weight is 339 g/mol. The Labute approximate surface area is 151 Å². The highest BCUT2D eigenvalue weighted by atomic mass is 19.1. The molecule has 3 aliphatic rings. The summed E-state index contributed by atoms with van der Waals surface area (Å²) >= 11 is 0. The molecular formula is C23H30FN. The van der Waals surface area contributed by atoms with E-state index in [-0.39, 0.29) is 5.82 Å². The summed E-state index contributed by atoms with van der Waals surface area (Å²) in [4.78, 5) is 0. The maximum Gasteiger partial charge on any atom is 0.123 e. The van der Waals surface area contributed by atoms with E-state index in [4.69, 9.17) is 5.73 Å². The van der Waals surface area contributed by atoms with Crippen molar-refractivity contribution in [1.29, 1.82) is 0 Å². The predicted octanol–water partition coefficient (Wildman–Crippen LogP) is 5.44. The van der Waals surface area contributed by atoms with Crippen LogP contribution in [-0.4, -0.2) is 6.04 Å². The first kappa shape index (κ1) is 17.0. The zero-order valence-electron chi connectivity index (χ0n) is 15.2. The third kappa shape index (κ3) is 3.60. The van der Waals surface area contributed by atoms with Crippen molar-refractivity contribution in [3.8, 4) is 0 Å². The lowest BCUT2D eigenvalue weighted by atomic mass is 9.68. The standard InChI is InChI=1S/C23H30FN/c1-15-10-19(12-21(25)11-15)23-14-18(16-6-8-20(24)9-7-16)13-22(23)17-4-2-3-5-17/h2-9,15,17-19,21-23H,10-14,25H2,1H3/t15-,18+,19?,21+,22-,23-/m0/s1. The van der Waals surface area contributed by atoms with Crippen molar-refractivity contribution in [3.63, 3.8) is 0 Å². The first-order valence-electron chi connectivity index (χ1n) is 9.96. The van der Waals surface area contributed by atoms with Crippen LogP contribution in [0, 0.1) is 35.4 Å². The molecule has 4 rings (SSSR count). The molecule has 1 unspecified atom stereocenters. The van der Waals surface area contributed by atoms with Gasteiger partial charge in [-0.25, -0.2) is 4.39 Å². The van der Waals surface area contributed by atoms with Gasteiger partial charge in [0.15, 0.2) is 0 Å². The molecule has 1 nitrogen and oxygen atoms in total. The second-order valence-electron chi connectivity index (χ2n) is 8.73. The molecule has 2 saturated carbocycles. The lowest BCUT2D eigenvalue weighted by Gasteiger charge is -2.38. The fourth-order valence-electron chi connectivity index (χ4n) is 5.89. The fraction of sp³-hybridized carbons (Fsp3) is 0.565. The van der Waals surface area contributed by atoms with Crippen molar-refractivity contribution >= 4 is 0 Å². The first-order valence-corrected chi connectivity index (χ1v) is 9.96. The number of benzene rings is 1. The molecule has 0 aromatic heterocycles. The summed E-state index contributed by atoms with van der Waals surface area (Å²) in [7, 11) is 0.